The molecule has 1 atom stereocenters. The van der Waals surface area contributed by atoms with Gasteiger partial charge in [0.15, 0.2) is 5.82 Å². The summed E-state index contributed by atoms with van der Waals surface area (Å²) in [5, 5.41) is 0.913. The number of anilines is 1. The molecule has 1 fully saturated rings. The molecule has 136 valence electrons. The van der Waals surface area contributed by atoms with Crippen LogP contribution in [0.15, 0.2) is 23.1 Å². The fourth-order valence-electron chi connectivity index (χ4n) is 3.81. The summed E-state index contributed by atoms with van der Waals surface area (Å²) < 4.78 is 17.4. The lowest BCUT2D eigenvalue weighted by Gasteiger charge is -2.16. The van der Waals surface area contributed by atoms with E-state index in [1.165, 1.54) is 0 Å². The van der Waals surface area contributed by atoms with Crippen LogP contribution in [0.2, 0.25) is 0 Å². The van der Waals surface area contributed by atoms with Gasteiger partial charge in [-0.1, -0.05) is 6.92 Å². The van der Waals surface area contributed by atoms with Crippen LogP contribution >= 0.6 is 15.9 Å². The average Bonchev–Trinajstić information content (AvgIpc) is 3.21. The first-order valence-corrected chi connectivity index (χ1v) is 9.45. The first-order chi connectivity index (χ1) is 12.5. The molecule has 6 nitrogen and oxygen atoms in total. The van der Waals surface area contributed by atoms with Gasteiger partial charge in [0.2, 0.25) is 5.95 Å². The zero-order valence-corrected chi connectivity index (χ0v) is 16.3. The summed E-state index contributed by atoms with van der Waals surface area (Å²) in [5.41, 5.74) is 8.57. The number of hydrogen-bond acceptors (Lipinski definition) is 5. The molecule has 0 spiro atoms. The average molecular weight is 419 g/mol. The highest BCUT2D eigenvalue weighted by Gasteiger charge is 2.27. The minimum absolute atomic E-state index is 0.0603. The van der Waals surface area contributed by atoms with Crippen molar-refractivity contribution in [2.24, 2.45) is 0 Å². The molecule has 0 saturated carbocycles. The molecule has 3 aromatic heterocycles. The molecule has 4 rings (SSSR count). The molecule has 3 aromatic rings. The standard InChI is InChI=1S/C18H20BrFN6/c1-3-25-5-4-11(8-25)26-9-13(16-14(20)7-22-18(21)24-16)12-6-15(19)23-10(2)17(12)26/h6-7,9,11H,3-5,8H2,1-2H3,(H2,21,22,24). The fourth-order valence-corrected chi connectivity index (χ4v) is 4.30. The van der Waals surface area contributed by atoms with E-state index in [0.717, 1.165) is 48.8 Å². The Labute approximate surface area is 159 Å². The van der Waals surface area contributed by atoms with Crippen molar-refractivity contribution in [3.05, 3.63) is 34.6 Å². The van der Waals surface area contributed by atoms with Gasteiger partial charge in [0, 0.05) is 36.3 Å². The van der Waals surface area contributed by atoms with Gasteiger partial charge in [-0.15, -0.1) is 0 Å². The van der Waals surface area contributed by atoms with Crippen LogP contribution in [0.5, 0.6) is 0 Å². The molecule has 1 aliphatic rings. The van der Waals surface area contributed by atoms with Gasteiger partial charge in [0.25, 0.3) is 0 Å². The maximum absolute atomic E-state index is 14.5. The van der Waals surface area contributed by atoms with E-state index < -0.39 is 5.82 Å². The Kier molecular flexibility index (Phi) is 4.40. The van der Waals surface area contributed by atoms with Gasteiger partial charge in [-0.3, -0.25) is 0 Å². The topological polar surface area (TPSA) is 72.9 Å². The van der Waals surface area contributed by atoms with Crippen LogP contribution in [0.25, 0.3) is 22.2 Å². The largest absolute Gasteiger partial charge is 0.368 e. The summed E-state index contributed by atoms with van der Waals surface area (Å²) in [6.07, 6.45) is 4.17. The van der Waals surface area contributed by atoms with Crippen LogP contribution in [0.3, 0.4) is 0 Å². The maximum Gasteiger partial charge on any atom is 0.220 e. The molecule has 4 heterocycles. The number of aromatic nitrogens is 4. The Morgan fingerprint density at radius 3 is 2.92 bits per heavy atom. The zero-order valence-electron chi connectivity index (χ0n) is 14.7. The number of pyridine rings is 1. The van der Waals surface area contributed by atoms with Crippen molar-refractivity contribution < 1.29 is 4.39 Å². The minimum Gasteiger partial charge on any atom is -0.368 e. The van der Waals surface area contributed by atoms with E-state index >= 15 is 0 Å². The second-order valence-corrected chi connectivity index (χ2v) is 7.45. The van der Waals surface area contributed by atoms with Crippen molar-refractivity contribution in [1.82, 2.24) is 24.4 Å². The number of aryl methyl sites for hydroxylation is 1. The molecule has 0 aliphatic carbocycles. The predicted molar refractivity (Wildman–Crippen MR) is 103 cm³/mol. The lowest BCUT2D eigenvalue weighted by molar-refractivity contribution is 0.343. The van der Waals surface area contributed by atoms with E-state index in [4.69, 9.17) is 5.73 Å². The quantitative estimate of drug-likeness (QED) is 0.658. The highest BCUT2D eigenvalue weighted by Crippen LogP contribution is 2.37. The van der Waals surface area contributed by atoms with Gasteiger partial charge in [-0.2, -0.15) is 0 Å². The molecule has 2 N–H and O–H groups in total. The van der Waals surface area contributed by atoms with E-state index in [2.05, 4.69) is 47.3 Å². The monoisotopic (exact) mass is 418 g/mol. The van der Waals surface area contributed by atoms with Crippen LogP contribution in [-0.4, -0.2) is 44.1 Å². The molecule has 8 heteroatoms. The van der Waals surface area contributed by atoms with E-state index in [-0.39, 0.29) is 11.6 Å². The first kappa shape index (κ1) is 17.4. The summed E-state index contributed by atoms with van der Waals surface area (Å²) in [7, 11) is 0. The lowest BCUT2D eigenvalue weighted by Crippen LogP contribution is -2.20. The smallest absolute Gasteiger partial charge is 0.220 e. The third-order valence-corrected chi connectivity index (χ3v) is 5.46. The number of likely N-dealkylation sites (tertiary alicyclic amines) is 1. The Morgan fingerprint density at radius 1 is 1.38 bits per heavy atom. The number of fused-ring (bicyclic) bond motifs is 1. The molecule has 1 saturated heterocycles. The number of nitrogens with zero attached hydrogens (tertiary/aromatic N) is 5. The Hall–Kier alpha value is -2.06. The molecule has 26 heavy (non-hydrogen) atoms. The molecular weight excluding hydrogens is 399 g/mol. The number of rotatable bonds is 3. The summed E-state index contributed by atoms with van der Waals surface area (Å²) in [4.78, 5) is 14.9. The Balaban J connectivity index is 1.95. The summed E-state index contributed by atoms with van der Waals surface area (Å²) in [5.74, 6) is -0.421. The lowest BCUT2D eigenvalue weighted by atomic mass is 10.1. The molecule has 0 aromatic carbocycles. The van der Waals surface area contributed by atoms with Crippen molar-refractivity contribution in [3.8, 4) is 11.3 Å². The predicted octanol–water partition coefficient (Wildman–Crippen LogP) is 3.55. The second kappa shape index (κ2) is 6.59. The van der Waals surface area contributed by atoms with E-state index in [1.54, 1.807) is 0 Å². The summed E-state index contributed by atoms with van der Waals surface area (Å²) >= 11 is 3.46. The van der Waals surface area contributed by atoms with Crippen LogP contribution in [-0.2, 0) is 0 Å². The number of nitrogens with two attached hydrogens (primary N) is 1. The first-order valence-electron chi connectivity index (χ1n) is 8.66. The Morgan fingerprint density at radius 2 is 2.19 bits per heavy atom. The van der Waals surface area contributed by atoms with Crippen molar-refractivity contribution in [2.45, 2.75) is 26.3 Å². The van der Waals surface area contributed by atoms with Gasteiger partial charge >= 0.3 is 0 Å². The molecular formula is C18H20BrFN6. The van der Waals surface area contributed by atoms with Crippen molar-refractivity contribution in [3.63, 3.8) is 0 Å². The van der Waals surface area contributed by atoms with E-state index in [1.807, 2.05) is 19.2 Å². The van der Waals surface area contributed by atoms with Gasteiger partial charge in [0.05, 0.1) is 17.4 Å². The van der Waals surface area contributed by atoms with Gasteiger partial charge < -0.3 is 15.2 Å². The van der Waals surface area contributed by atoms with Gasteiger partial charge in [0.1, 0.15) is 10.3 Å². The SMILES string of the molecule is CCN1CCC(n2cc(-c3nc(N)ncc3F)c3cc(Br)nc(C)c32)C1. The van der Waals surface area contributed by atoms with E-state index in [9.17, 15) is 4.39 Å². The third-order valence-electron chi connectivity index (χ3n) is 5.06. The maximum atomic E-state index is 14.5. The fraction of sp³-hybridized carbons (Fsp3) is 0.389. The molecule has 1 aliphatic heterocycles. The van der Waals surface area contributed by atoms with Crippen molar-refractivity contribution >= 4 is 32.8 Å². The number of hydrogen-bond donors (Lipinski definition) is 1. The molecule has 0 amide bonds. The summed E-state index contributed by atoms with van der Waals surface area (Å²) in [6.45, 7) is 7.22. The zero-order chi connectivity index (χ0) is 18.4. The Bertz CT molecular complexity index is 985. The highest BCUT2D eigenvalue weighted by molar-refractivity contribution is 9.10. The minimum atomic E-state index is -0.481. The number of halogens is 2. The van der Waals surface area contributed by atoms with Crippen LogP contribution < -0.4 is 5.73 Å². The molecule has 1 unspecified atom stereocenters. The van der Waals surface area contributed by atoms with Crippen LogP contribution in [0, 0.1) is 12.7 Å². The van der Waals surface area contributed by atoms with Crippen molar-refractivity contribution in [2.75, 3.05) is 25.4 Å². The molecule has 0 bridgehead atoms. The highest BCUT2D eigenvalue weighted by atomic mass is 79.9. The van der Waals surface area contributed by atoms with Gasteiger partial charge in [-0.05, 0) is 41.9 Å². The van der Waals surface area contributed by atoms with Crippen LogP contribution in [0.4, 0.5) is 10.3 Å². The number of likely N-dealkylation sites (N-methyl/N-ethyl adjacent to an activating group) is 1. The van der Waals surface area contributed by atoms with E-state index in [0.29, 0.717) is 16.2 Å². The normalized spacial score (nSPS) is 18.1. The second-order valence-electron chi connectivity index (χ2n) is 6.64. The van der Waals surface area contributed by atoms with Crippen LogP contribution in [0.1, 0.15) is 25.1 Å². The third kappa shape index (κ3) is 2.87. The van der Waals surface area contributed by atoms with Gasteiger partial charge in [-0.25, -0.2) is 19.3 Å². The number of nitrogen functional groups attached to an aromatic ring is 1. The van der Waals surface area contributed by atoms with Crippen molar-refractivity contribution in [1.29, 1.82) is 0 Å². The molecule has 0 radical (unpaired) electrons. The summed E-state index contributed by atoms with van der Waals surface area (Å²) in [6, 6.07) is 2.24.